The van der Waals surface area contributed by atoms with E-state index in [0.717, 1.165) is 89.4 Å². The number of nitrogens with zero attached hydrogens (tertiary/aromatic N) is 2. The van der Waals surface area contributed by atoms with Crippen molar-refractivity contribution in [3.8, 4) is 44.5 Å². The highest BCUT2D eigenvalue weighted by atomic mass is 16.5. The summed E-state index contributed by atoms with van der Waals surface area (Å²) in [5, 5.41) is 0. The molecule has 0 unspecified atom stereocenters. The molecule has 0 amide bonds. The fourth-order valence-corrected chi connectivity index (χ4v) is 7.13. The Morgan fingerprint density at radius 1 is 0.423 bits per heavy atom. The minimum Gasteiger partial charge on any atom is -0.465 e. The molecule has 6 heteroatoms. The van der Waals surface area contributed by atoms with Crippen molar-refractivity contribution in [2.75, 3.05) is 7.11 Å². The van der Waals surface area contributed by atoms with Crippen LogP contribution in [0, 0.1) is 0 Å². The number of benzene rings is 4. The first-order chi connectivity index (χ1) is 25.6. The zero-order valence-electron chi connectivity index (χ0n) is 28.3. The molecule has 8 bridgehead atoms. The van der Waals surface area contributed by atoms with Crippen molar-refractivity contribution in [3.05, 3.63) is 168 Å². The molecule has 3 aromatic heterocycles. The van der Waals surface area contributed by atoms with Crippen molar-refractivity contribution in [2.45, 2.75) is 0 Å². The Kier molecular flexibility index (Phi) is 7.75. The van der Waals surface area contributed by atoms with Gasteiger partial charge in [-0.25, -0.2) is 14.8 Å². The summed E-state index contributed by atoms with van der Waals surface area (Å²) in [4.78, 5) is 30.6. The van der Waals surface area contributed by atoms with Crippen molar-refractivity contribution < 1.29 is 9.53 Å². The van der Waals surface area contributed by atoms with Crippen molar-refractivity contribution in [2.24, 2.45) is 0 Å². The second kappa shape index (κ2) is 13.0. The van der Waals surface area contributed by atoms with Gasteiger partial charge in [-0.1, -0.05) is 103 Å². The predicted octanol–water partition coefficient (Wildman–Crippen LogP) is 11.1. The van der Waals surface area contributed by atoms with Crippen LogP contribution in [0.4, 0.5) is 0 Å². The number of fused-ring (bicyclic) bond motifs is 8. The number of hydrogen-bond donors (Lipinski definition) is 2. The largest absolute Gasteiger partial charge is 0.465 e. The summed E-state index contributed by atoms with van der Waals surface area (Å²) in [6.45, 7) is 0. The Bertz CT molecular complexity index is 2570. The van der Waals surface area contributed by atoms with Gasteiger partial charge < -0.3 is 14.7 Å². The van der Waals surface area contributed by atoms with Crippen LogP contribution in [0.3, 0.4) is 0 Å². The summed E-state index contributed by atoms with van der Waals surface area (Å²) in [6.07, 6.45) is 8.25. The minimum atomic E-state index is -0.385. The lowest BCUT2D eigenvalue weighted by Gasteiger charge is -2.07. The van der Waals surface area contributed by atoms with E-state index in [4.69, 9.17) is 14.7 Å². The van der Waals surface area contributed by atoms with Crippen LogP contribution in [0.15, 0.2) is 140 Å². The summed E-state index contributed by atoms with van der Waals surface area (Å²) >= 11 is 0. The first-order valence-electron chi connectivity index (χ1n) is 17.2. The molecule has 0 spiro atoms. The lowest BCUT2D eigenvalue weighted by Crippen LogP contribution is -2.00. The van der Waals surface area contributed by atoms with E-state index < -0.39 is 0 Å². The number of nitrogens with one attached hydrogen (secondary N) is 2. The fraction of sp³-hybridized carbons (Fsp3) is 0.0217. The molecule has 0 saturated heterocycles. The van der Waals surface area contributed by atoms with Gasteiger partial charge in [-0.15, -0.1) is 0 Å². The van der Waals surface area contributed by atoms with Crippen LogP contribution >= 0.6 is 0 Å². The van der Waals surface area contributed by atoms with E-state index in [1.54, 1.807) is 12.1 Å². The molecule has 0 fully saturated rings. The number of aromatic amines is 2. The maximum Gasteiger partial charge on any atom is 0.337 e. The van der Waals surface area contributed by atoms with Crippen LogP contribution in [0.2, 0.25) is 0 Å². The van der Waals surface area contributed by atoms with Crippen LogP contribution in [0.25, 0.3) is 90.9 Å². The third kappa shape index (κ3) is 5.53. The first-order valence-corrected chi connectivity index (χ1v) is 17.2. The molecule has 0 radical (unpaired) electrons. The third-order valence-corrected chi connectivity index (χ3v) is 9.54. The quantitative estimate of drug-likeness (QED) is 0.178. The molecule has 2 N–H and O–H groups in total. The Morgan fingerprint density at radius 3 is 1.17 bits per heavy atom. The molecule has 9 rings (SSSR count). The molecule has 0 atom stereocenters. The van der Waals surface area contributed by atoms with Gasteiger partial charge in [0.25, 0.3) is 0 Å². The van der Waals surface area contributed by atoms with E-state index in [1.807, 2.05) is 54.6 Å². The number of rotatable bonds is 5. The van der Waals surface area contributed by atoms with Gasteiger partial charge in [0.15, 0.2) is 0 Å². The summed E-state index contributed by atoms with van der Waals surface area (Å²) in [7, 11) is 1.39. The third-order valence-electron chi connectivity index (χ3n) is 9.54. The van der Waals surface area contributed by atoms with E-state index in [-0.39, 0.29) is 5.97 Å². The Labute approximate surface area is 300 Å². The molecular formula is C46H32N4O2. The van der Waals surface area contributed by atoms with Crippen LogP contribution in [0.1, 0.15) is 33.1 Å². The molecule has 5 heterocycles. The first kappa shape index (κ1) is 31.0. The highest BCUT2D eigenvalue weighted by molar-refractivity contribution is 6.00. The molecule has 0 saturated carbocycles. The number of hydrogen-bond acceptors (Lipinski definition) is 4. The number of carbonyl (C=O) groups excluding carboxylic acids is 1. The molecule has 52 heavy (non-hydrogen) atoms. The van der Waals surface area contributed by atoms with Crippen LogP contribution in [0.5, 0.6) is 0 Å². The summed E-state index contributed by atoms with van der Waals surface area (Å²) < 4.78 is 4.98. The van der Waals surface area contributed by atoms with E-state index in [2.05, 4.69) is 107 Å². The van der Waals surface area contributed by atoms with Crippen LogP contribution in [-0.4, -0.2) is 33.0 Å². The smallest absolute Gasteiger partial charge is 0.337 e. The number of methoxy groups -OCH3 is 1. The summed E-state index contributed by atoms with van der Waals surface area (Å²) in [5.41, 5.74) is 15.5. The van der Waals surface area contributed by atoms with Gasteiger partial charge in [0.1, 0.15) is 0 Å². The fourth-order valence-electron chi connectivity index (χ4n) is 7.13. The van der Waals surface area contributed by atoms with Crippen molar-refractivity contribution in [1.82, 2.24) is 19.9 Å². The molecule has 0 aliphatic carbocycles. The number of esters is 1. The van der Waals surface area contributed by atoms with Gasteiger partial charge in [0.2, 0.25) is 0 Å². The highest BCUT2D eigenvalue weighted by Gasteiger charge is 2.20. The Balaban J connectivity index is 1.45. The van der Waals surface area contributed by atoms with Crippen molar-refractivity contribution in [3.63, 3.8) is 0 Å². The zero-order chi connectivity index (χ0) is 35.0. The number of carbonyl (C=O) groups is 1. The molecule has 248 valence electrons. The Hall–Kier alpha value is -7.05. The minimum absolute atomic E-state index is 0.385. The second-order valence-electron chi connectivity index (χ2n) is 12.7. The average molecular weight is 673 g/mol. The van der Waals surface area contributed by atoms with E-state index in [0.29, 0.717) is 5.56 Å². The van der Waals surface area contributed by atoms with Gasteiger partial charge in [-0.05, 0) is 83.0 Å². The van der Waals surface area contributed by atoms with Gasteiger partial charge in [0, 0.05) is 44.3 Å². The van der Waals surface area contributed by atoms with E-state index >= 15 is 0 Å². The average Bonchev–Trinajstić information content (AvgIpc) is 4.04. The van der Waals surface area contributed by atoms with Gasteiger partial charge >= 0.3 is 5.97 Å². The summed E-state index contributed by atoms with van der Waals surface area (Å²) in [5.74, 6) is -0.385. The summed E-state index contributed by atoms with van der Waals surface area (Å²) in [6, 6.07) is 47.2. The standard InChI is InChI=1S/C46H32N4O2/c1-52-46(51)33-19-17-32(18-20-33)45-40-27-25-38(49-40)43(30-13-7-3-8-14-30)36-23-21-34(47-36)42(29-11-5-2-6-12-29)35-22-24-37(48-35)44(31-15-9-4-10-16-31)39-26-28-41(45)50-39/h2-28,47-48H,1H3. The topological polar surface area (TPSA) is 83.7 Å². The SMILES string of the molecule is COC(=O)c1ccc(-c2c3nc(c(-c4ccccc4)c4ccc([nH]4)c(-c4ccccc4)c4ccc([nH]4)c(-c4ccccc4)c4nc2C=C4)C=C3)cc1. The van der Waals surface area contributed by atoms with E-state index in [1.165, 1.54) is 7.11 Å². The van der Waals surface area contributed by atoms with Crippen LogP contribution < -0.4 is 0 Å². The lowest BCUT2D eigenvalue weighted by atomic mass is 10.0. The molecule has 6 nitrogen and oxygen atoms in total. The number of H-pyrrole nitrogens is 2. The molecular weight excluding hydrogens is 641 g/mol. The molecule has 2 aliphatic heterocycles. The lowest BCUT2D eigenvalue weighted by molar-refractivity contribution is 0.0600. The van der Waals surface area contributed by atoms with Crippen molar-refractivity contribution >= 4 is 52.3 Å². The maximum atomic E-state index is 12.3. The molecule has 4 aromatic carbocycles. The van der Waals surface area contributed by atoms with Gasteiger partial charge in [-0.3, -0.25) is 0 Å². The van der Waals surface area contributed by atoms with E-state index in [9.17, 15) is 4.79 Å². The van der Waals surface area contributed by atoms with Crippen LogP contribution in [-0.2, 0) is 4.74 Å². The zero-order valence-corrected chi connectivity index (χ0v) is 28.3. The van der Waals surface area contributed by atoms with Crippen molar-refractivity contribution in [1.29, 1.82) is 0 Å². The maximum absolute atomic E-state index is 12.3. The Morgan fingerprint density at radius 2 is 0.769 bits per heavy atom. The van der Waals surface area contributed by atoms with Gasteiger partial charge in [-0.2, -0.15) is 0 Å². The normalized spacial score (nSPS) is 11.9. The highest BCUT2D eigenvalue weighted by Crippen LogP contribution is 2.38. The van der Waals surface area contributed by atoms with Gasteiger partial charge in [0.05, 0.1) is 35.4 Å². The monoisotopic (exact) mass is 672 g/mol. The number of ether oxygens (including phenoxy) is 1. The molecule has 2 aliphatic rings. The molecule has 7 aromatic rings. The second-order valence-corrected chi connectivity index (χ2v) is 12.7. The predicted molar refractivity (Wildman–Crippen MR) is 212 cm³/mol. The number of aromatic nitrogens is 4.